The first-order valence-electron chi connectivity index (χ1n) is 18.9. The fourth-order valence-electron chi connectivity index (χ4n) is 7.33. The second-order valence-electron chi connectivity index (χ2n) is 15.0. The van der Waals surface area contributed by atoms with E-state index in [0.717, 1.165) is 49.0 Å². The Morgan fingerprint density at radius 2 is 1.77 bits per heavy atom. The maximum atomic E-state index is 13.5. The lowest BCUT2D eigenvalue weighted by Crippen LogP contribution is -2.55. The normalized spacial score (nSPS) is 20.1. The Labute approximate surface area is 306 Å². The molecule has 282 valence electrons. The van der Waals surface area contributed by atoms with Crippen LogP contribution in [0.1, 0.15) is 86.5 Å². The predicted molar refractivity (Wildman–Crippen MR) is 197 cm³/mol. The van der Waals surface area contributed by atoms with Crippen molar-refractivity contribution < 1.29 is 39.8 Å². The summed E-state index contributed by atoms with van der Waals surface area (Å²) in [7, 11) is 0. The lowest BCUT2D eigenvalue weighted by Gasteiger charge is -2.37. The van der Waals surface area contributed by atoms with Gasteiger partial charge in [0.2, 0.25) is 0 Å². The Bertz CT molecular complexity index is 1640. The molecule has 1 aliphatic heterocycles. The molecular weight excluding hydrogens is 662 g/mol. The monoisotopic (exact) mass is 717 g/mol. The van der Waals surface area contributed by atoms with Gasteiger partial charge < -0.3 is 45.2 Å². The molecule has 1 saturated heterocycles. The largest absolute Gasteiger partial charge is 0.490 e. The summed E-state index contributed by atoms with van der Waals surface area (Å²) >= 11 is 0. The van der Waals surface area contributed by atoms with Crippen molar-refractivity contribution in [3.05, 3.63) is 83.2 Å². The molecule has 2 heterocycles. The molecule has 1 aromatic heterocycles. The quantitative estimate of drug-likeness (QED) is 0.114. The zero-order chi connectivity index (χ0) is 36.8. The van der Waals surface area contributed by atoms with Gasteiger partial charge in [0.15, 0.2) is 6.10 Å². The summed E-state index contributed by atoms with van der Waals surface area (Å²) in [5, 5.41) is 54.1. The molecular formula is C41H55N3O8. The van der Waals surface area contributed by atoms with Crippen molar-refractivity contribution in [1.29, 1.82) is 0 Å². The maximum Gasteiger partial charge on any atom is 0.254 e. The first kappa shape index (κ1) is 38.3. The van der Waals surface area contributed by atoms with E-state index in [2.05, 4.69) is 66.6 Å². The SMILES string of the molecule is Cc1ccc(C(C)CCCN(C(=O)C(O)C(O)C(O)C(O)CO)C2CCOCC2)cc1CNC1(c2cnccc2-c2ccccc2OC2CC2)CC1. The molecule has 3 fully saturated rings. The van der Waals surface area contributed by atoms with Gasteiger partial charge >= 0.3 is 0 Å². The molecule has 0 radical (unpaired) electrons. The number of rotatable bonds is 18. The summed E-state index contributed by atoms with van der Waals surface area (Å²) in [6.07, 6.45) is 3.67. The Balaban J connectivity index is 1.10. The molecule has 2 aromatic carbocycles. The van der Waals surface area contributed by atoms with E-state index in [1.807, 2.05) is 18.5 Å². The fraction of sp³-hybridized carbons (Fsp3) is 0.561. The van der Waals surface area contributed by atoms with E-state index in [0.29, 0.717) is 51.7 Å². The minimum atomic E-state index is -1.94. The average molecular weight is 718 g/mol. The number of para-hydroxylation sites is 1. The van der Waals surface area contributed by atoms with Crippen molar-refractivity contribution in [3.8, 4) is 16.9 Å². The number of aromatic nitrogens is 1. The minimum absolute atomic E-state index is 0.158. The van der Waals surface area contributed by atoms with E-state index in [1.54, 1.807) is 4.90 Å². The molecule has 2 saturated carbocycles. The van der Waals surface area contributed by atoms with Crippen molar-refractivity contribution in [2.45, 2.75) is 120 Å². The number of hydrogen-bond donors (Lipinski definition) is 6. The van der Waals surface area contributed by atoms with Gasteiger partial charge in [0.1, 0.15) is 24.1 Å². The second-order valence-corrected chi connectivity index (χ2v) is 15.0. The van der Waals surface area contributed by atoms with Gasteiger partial charge in [-0.3, -0.25) is 9.78 Å². The summed E-state index contributed by atoms with van der Waals surface area (Å²) in [6.45, 7) is 5.56. The number of pyridine rings is 1. The highest BCUT2D eigenvalue weighted by molar-refractivity contribution is 5.81. The van der Waals surface area contributed by atoms with Crippen LogP contribution in [0.15, 0.2) is 60.9 Å². The third-order valence-corrected chi connectivity index (χ3v) is 11.1. The van der Waals surface area contributed by atoms with E-state index in [4.69, 9.17) is 14.6 Å². The minimum Gasteiger partial charge on any atom is -0.490 e. The number of benzene rings is 2. The smallest absolute Gasteiger partial charge is 0.254 e. The lowest BCUT2D eigenvalue weighted by molar-refractivity contribution is -0.162. The molecule has 3 aliphatic rings. The Hall–Kier alpha value is -3.42. The van der Waals surface area contributed by atoms with Gasteiger partial charge in [-0.2, -0.15) is 0 Å². The molecule has 3 aromatic rings. The molecule has 1 amide bonds. The van der Waals surface area contributed by atoms with Crippen LogP contribution < -0.4 is 10.1 Å². The topological polar surface area (TPSA) is 165 Å². The molecule has 2 aliphatic carbocycles. The number of aliphatic hydroxyl groups is 5. The highest BCUT2D eigenvalue weighted by Gasteiger charge is 2.46. The van der Waals surface area contributed by atoms with Gasteiger partial charge in [-0.25, -0.2) is 0 Å². The van der Waals surface area contributed by atoms with Crippen molar-refractivity contribution >= 4 is 5.91 Å². The summed E-state index contributed by atoms with van der Waals surface area (Å²) in [5.41, 5.74) is 6.96. The van der Waals surface area contributed by atoms with E-state index >= 15 is 0 Å². The van der Waals surface area contributed by atoms with Crippen molar-refractivity contribution in [1.82, 2.24) is 15.2 Å². The van der Waals surface area contributed by atoms with Crippen LogP contribution >= 0.6 is 0 Å². The standard InChI is InChI=1S/C41H55N3O8/c1-26(6-5-19-44(30-14-20-51-21-15-30)40(50)39(49)38(48)37(47)35(46)25-45)28-10-9-27(2)29(22-28)23-43-41(16-17-41)34-24-42-18-13-32(34)33-7-3-4-8-36(33)52-31-11-12-31/h3-4,7-10,13,18,22,24,26,30-31,35,37-39,43,45-49H,5-6,11-12,14-17,19-21,23,25H2,1-2H3. The summed E-state index contributed by atoms with van der Waals surface area (Å²) in [5.74, 6) is 0.423. The van der Waals surface area contributed by atoms with Crippen molar-refractivity contribution in [3.63, 3.8) is 0 Å². The van der Waals surface area contributed by atoms with E-state index in [1.165, 1.54) is 22.3 Å². The molecule has 0 bridgehead atoms. The lowest BCUT2D eigenvalue weighted by atomic mass is 9.92. The highest BCUT2D eigenvalue weighted by Crippen LogP contribution is 2.50. The van der Waals surface area contributed by atoms with Crippen molar-refractivity contribution in [2.75, 3.05) is 26.4 Å². The zero-order valence-corrected chi connectivity index (χ0v) is 30.4. The number of carbonyl (C=O) groups excluding carboxylic acids is 1. The molecule has 5 atom stereocenters. The van der Waals surface area contributed by atoms with Crippen LogP contribution in [0.25, 0.3) is 11.1 Å². The van der Waals surface area contributed by atoms with Gasteiger partial charge in [-0.15, -0.1) is 0 Å². The van der Waals surface area contributed by atoms with Crippen LogP contribution in [0.2, 0.25) is 0 Å². The first-order chi connectivity index (χ1) is 25.1. The van der Waals surface area contributed by atoms with Crippen LogP contribution in [0.3, 0.4) is 0 Å². The molecule has 52 heavy (non-hydrogen) atoms. The average Bonchev–Trinajstić information content (AvgIpc) is 4.13. The number of carbonyl (C=O) groups is 1. The van der Waals surface area contributed by atoms with Gasteiger partial charge in [-0.1, -0.05) is 43.3 Å². The van der Waals surface area contributed by atoms with Gasteiger partial charge in [0.05, 0.1) is 12.7 Å². The number of aliphatic hydroxyl groups excluding tert-OH is 5. The van der Waals surface area contributed by atoms with Crippen LogP contribution in [-0.4, -0.2) is 104 Å². The van der Waals surface area contributed by atoms with Crippen molar-refractivity contribution in [2.24, 2.45) is 0 Å². The molecule has 11 heteroatoms. The third-order valence-electron chi connectivity index (χ3n) is 11.1. The number of nitrogens with zero attached hydrogens (tertiary/aromatic N) is 2. The van der Waals surface area contributed by atoms with Crippen LogP contribution in [0.4, 0.5) is 0 Å². The van der Waals surface area contributed by atoms with Gasteiger partial charge in [0, 0.05) is 55.8 Å². The van der Waals surface area contributed by atoms with E-state index in [9.17, 15) is 25.2 Å². The van der Waals surface area contributed by atoms with Crippen LogP contribution in [-0.2, 0) is 21.6 Å². The van der Waals surface area contributed by atoms with Crippen LogP contribution in [0, 0.1) is 6.92 Å². The number of ether oxygens (including phenoxy) is 2. The number of amides is 1. The molecule has 11 nitrogen and oxygen atoms in total. The summed E-state index contributed by atoms with van der Waals surface area (Å²) in [6, 6.07) is 16.8. The third kappa shape index (κ3) is 9.02. The first-order valence-corrected chi connectivity index (χ1v) is 18.9. The maximum absolute atomic E-state index is 13.5. The summed E-state index contributed by atoms with van der Waals surface area (Å²) < 4.78 is 11.8. The Morgan fingerprint density at radius 1 is 1.02 bits per heavy atom. The number of nitrogens with one attached hydrogen (secondary N) is 1. The molecule has 6 N–H and O–H groups in total. The van der Waals surface area contributed by atoms with E-state index in [-0.39, 0.29) is 17.5 Å². The van der Waals surface area contributed by atoms with Gasteiger partial charge in [-0.05, 0) is 104 Å². The fourth-order valence-corrected chi connectivity index (χ4v) is 7.33. The molecule has 6 rings (SSSR count). The number of aryl methyl sites for hydroxylation is 1. The second kappa shape index (κ2) is 17.2. The Morgan fingerprint density at radius 3 is 2.48 bits per heavy atom. The molecule has 5 unspecified atom stereocenters. The summed E-state index contributed by atoms with van der Waals surface area (Å²) in [4.78, 5) is 19.6. The van der Waals surface area contributed by atoms with Gasteiger partial charge in [0.25, 0.3) is 5.91 Å². The van der Waals surface area contributed by atoms with E-state index < -0.39 is 36.9 Å². The number of hydrogen-bond acceptors (Lipinski definition) is 10. The van der Waals surface area contributed by atoms with Crippen LogP contribution in [0.5, 0.6) is 5.75 Å². The predicted octanol–water partition coefficient (Wildman–Crippen LogP) is 3.70. The Kier molecular flexibility index (Phi) is 12.6. The molecule has 0 spiro atoms. The highest BCUT2D eigenvalue weighted by atomic mass is 16.5. The zero-order valence-electron chi connectivity index (χ0n) is 30.4.